The summed E-state index contributed by atoms with van der Waals surface area (Å²) in [6, 6.07) is 0. The second-order valence-electron chi connectivity index (χ2n) is 5.36. The van der Waals surface area contributed by atoms with Gasteiger partial charge in [-0.1, -0.05) is 33.1 Å². The van der Waals surface area contributed by atoms with Crippen molar-refractivity contribution >= 4 is 5.97 Å². The van der Waals surface area contributed by atoms with Crippen LogP contribution in [0, 0.1) is 17.3 Å². The Morgan fingerprint density at radius 3 is 2.56 bits per heavy atom. The smallest absolute Gasteiger partial charge is 0.310 e. The van der Waals surface area contributed by atoms with E-state index in [9.17, 15) is 15.0 Å². The van der Waals surface area contributed by atoms with E-state index in [4.69, 9.17) is 0 Å². The third-order valence-electron chi connectivity index (χ3n) is 4.49. The van der Waals surface area contributed by atoms with Crippen LogP contribution in [0.25, 0.3) is 0 Å². The number of hydrogen-bond acceptors (Lipinski definition) is 2. The van der Waals surface area contributed by atoms with Crippen molar-refractivity contribution in [3.8, 4) is 0 Å². The van der Waals surface area contributed by atoms with E-state index in [1.807, 2.05) is 6.92 Å². The van der Waals surface area contributed by atoms with Crippen LogP contribution < -0.4 is 0 Å². The second-order valence-corrected chi connectivity index (χ2v) is 5.36. The van der Waals surface area contributed by atoms with Gasteiger partial charge in [-0.05, 0) is 31.6 Å². The van der Waals surface area contributed by atoms with E-state index in [0.29, 0.717) is 12.3 Å². The van der Waals surface area contributed by atoms with Crippen LogP contribution in [0.2, 0.25) is 0 Å². The Labute approximate surface area is 97.9 Å². The van der Waals surface area contributed by atoms with Crippen LogP contribution in [0.5, 0.6) is 0 Å². The third-order valence-corrected chi connectivity index (χ3v) is 4.49. The summed E-state index contributed by atoms with van der Waals surface area (Å²) < 4.78 is 0. The minimum atomic E-state index is -0.723. The Hall–Kier alpha value is -0.570. The fourth-order valence-corrected chi connectivity index (χ4v) is 3.04. The zero-order chi connectivity index (χ0) is 12.3. The van der Waals surface area contributed by atoms with Gasteiger partial charge in [-0.3, -0.25) is 4.79 Å². The molecule has 3 heteroatoms. The first-order valence-electron chi connectivity index (χ1n) is 6.35. The van der Waals surface area contributed by atoms with E-state index in [0.717, 1.165) is 25.7 Å². The molecule has 0 aromatic rings. The van der Waals surface area contributed by atoms with Gasteiger partial charge in [0.05, 0.1) is 11.5 Å². The number of aliphatic carboxylic acids is 1. The van der Waals surface area contributed by atoms with Gasteiger partial charge in [0.2, 0.25) is 0 Å². The molecule has 4 atom stereocenters. The maximum absolute atomic E-state index is 11.6. The summed E-state index contributed by atoms with van der Waals surface area (Å²) in [6.07, 6.45) is 4.05. The van der Waals surface area contributed by atoms with Gasteiger partial charge in [0.15, 0.2) is 0 Å². The molecule has 3 nitrogen and oxygen atoms in total. The van der Waals surface area contributed by atoms with Crippen molar-refractivity contribution in [2.75, 3.05) is 0 Å². The van der Waals surface area contributed by atoms with Crippen molar-refractivity contribution in [1.82, 2.24) is 0 Å². The van der Waals surface area contributed by atoms with Gasteiger partial charge in [-0.15, -0.1) is 0 Å². The molecule has 1 fully saturated rings. The highest BCUT2D eigenvalue weighted by Gasteiger charge is 2.48. The molecule has 1 saturated carbocycles. The van der Waals surface area contributed by atoms with Crippen LogP contribution in [0.4, 0.5) is 0 Å². The quantitative estimate of drug-likeness (QED) is 0.777. The minimum absolute atomic E-state index is 0.167. The Kier molecular flexibility index (Phi) is 4.36. The molecule has 1 aliphatic carbocycles. The van der Waals surface area contributed by atoms with Crippen molar-refractivity contribution < 1.29 is 15.0 Å². The minimum Gasteiger partial charge on any atom is -0.481 e. The first kappa shape index (κ1) is 13.5. The molecule has 1 aliphatic rings. The molecular weight excluding hydrogens is 204 g/mol. The third kappa shape index (κ3) is 2.40. The molecule has 0 aliphatic heterocycles. The predicted octanol–water partition coefficient (Wildman–Crippen LogP) is 2.67. The fraction of sp³-hybridized carbons (Fsp3) is 0.923. The van der Waals surface area contributed by atoms with Crippen LogP contribution in [0.3, 0.4) is 0 Å². The van der Waals surface area contributed by atoms with Crippen LogP contribution in [0.15, 0.2) is 0 Å². The molecule has 0 spiro atoms. The zero-order valence-corrected chi connectivity index (χ0v) is 10.6. The standard InChI is InChI=1S/C13H24O3/c1-4-11-6-5-7-13(8-11,12(15)16)9(2)10(3)14/h9-11,14H,4-8H2,1-3H3,(H,15,16). The van der Waals surface area contributed by atoms with E-state index < -0.39 is 17.5 Å². The van der Waals surface area contributed by atoms with Gasteiger partial charge in [-0.25, -0.2) is 0 Å². The summed E-state index contributed by atoms with van der Waals surface area (Å²) in [7, 11) is 0. The highest BCUT2D eigenvalue weighted by atomic mass is 16.4. The number of rotatable bonds is 4. The molecular formula is C13H24O3. The molecule has 16 heavy (non-hydrogen) atoms. The van der Waals surface area contributed by atoms with Gasteiger partial charge in [-0.2, -0.15) is 0 Å². The molecule has 1 rings (SSSR count). The molecule has 0 aromatic carbocycles. The van der Waals surface area contributed by atoms with Crippen LogP contribution in [0.1, 0.15) is 52.9 Å². The largest absolute Gasteiger partial charge is 0.481 e. The van der Waals surface area contributed by atoms with Crippen molar-refractivity contribution in [2.24, 2.45) is 17.3 Å². The highest BCUT2D eigenvalue weighted by molar-refractivity contribution is 5.75. The number of carboxylic acid groups (broad SMARTS) is 1. The van der Waals surface area contributed by atoms with Crippen molar-refractivity contribution in [2.45, 2.75) is 59.0 Å². The molecule has 0 heterocycles. The van der Waals surface area contributed by atoms with Gasteiger partial charge >= 0.3 is 5.97 Å². The Morgan fingerprint density at radius 1 is 1.50 bits per heavy atom. The molecule has 0 saturated heterocycles. The van der Waals surface area contributed by atoms with Gasteiger partial charge < -0.3 is 10.2 Å². The summed E-state index contributed by atoms with van der Waals surface area (Å²) in [6.45, 7) is 5.69. The average Bonchev–Trinajstić information content (AvgIpc) is 2.27. The predicted molar refractivity (Wildman–Crippen MR) is 63.2 cm³/mol. The topological polar surface area (TPSA) is 57.5 Å². The van der Waals surface area contributed by atoms with Gasteiger partial charge in [0.25, 0.3) is 0 Å². The molecule has 0 bridgehead atoms. The van der Waals surface area contributed by atoms with Crippen molar-refractivity contribution in [1.29, 1.82) is 0 Å². The number of aliphatic hydroxyl groups excluding tert-OH is 1. The summed E-state index contributed by atoms with van der Waals surface area (Å²) >= 11 is 0. The summed E-state index contributed by atoms with van der Waals surface area (Å²) in [5.41, 5.74) is -0.701. The van der Waals surface area contributed by atoms with E-state index in [1.165, 1.54) is 0 Å². The Morgan fingerprint density at radius 2 is 2.12 bits per heavy atom. The second kappa shape index (κ2) is 5.17. The van der Waals surface area contributed by atoms with Crippen LogP contribution in [-0.4, -0.2) is 22.3 Å². The first-order valence-corrected chi connectivity index (χ1v) is 6.35. The van der Waals surface area contributed by atoms with Crippen LogP contribution >= 0.6 is 0 Å². The van der Waals surface area contributed by atoms with Crippen LogP contribution in [-0.2, 0) is 4.79 Å². The van der Waals surface area contributed by atoms with Gasteiger partial charge in [0.1, 0.15) is 0 Å². The maximum atomic E-state index is 11.6. The number of carbonyl (C=O) groups is 1. The monoisotopic (exact) mass is 228 g/mol. The van der Waals surface area contributed by atoms with E-state index in [1.54, 1.807) is 6.92 Å². The van der Waals surface area contributed by atoms with E-state index in [-0.39, 0.29) is 5.92 Å². The van der Waals surface area contributed by atoms with E-state index >= 15 is 0 Å². The zero-order valence-electron chi connectivity index (χ0n) is 10.6. The maximum Gasteiger partial charge on any atom is 0.310 e. The lowest BCUT2D eigenvalue weighted by Crippen LogP contribution is -2.45. The average molecular weight is 228 g/mol. The lowest BCUT2D eigenvalue weighted by atomic mass is 9.61. The first-order chi connectivity index (χ1) is 7.44. The van der Waals surface area contributed by atoms with Crippen molar-refractivity contribution in [3.05, 3.63) is 0 Å². The molecule has 94 valence electrons. The fourth-order valence-electron chi connectivity index (χ4n) is 3.04. The molecule has 0 radical (unpaired) electrons. The SMILES string of the molecule is CCC1CCCC(C(=O)O)(C(C)C(C)O)C1. The summed E-state index contributed by atoms with van der Waals surface area (Å²) in [5, 5.41) is 19.2. The molecule has 4 unspecified atom stereocenters. The molecule has 2 N–H and O–H groups in total. The summed E-state index contributed by atoms with van der Waals surface area (Å²) in [5.74, 6) is -0.385. The number of hydrogen-bond donors (Lipinski definition) is 2. The Balaban J connectivity index is 2.92. The lowest BCUT2D eigenvalue weighted by molar-refractivity contribution is -0.160. The number of aliphatic hydroxyl groups is 1. The summed E-state index contributed by atoms with van der Waals surface area (Å²) in [4.78, 5) is 11.6. The Bertz CT molecular complexity index is 250. The lowest BCUT2D eigenvalue weighted by Gasteiger charge is -2.42. The van der Waals surface area contributed by atoms with Crippen molar-refractivity contribution in [3.63, 3.8) is 0 Å². The van der Waals surface area contributed by atoms with Gasteiger partial charge in [0, 0.05) is 0 Å². The molecule has 0 amide bonds. The highest BCUT2D eigenvalue weighted by Crippen LogP contribution is 2.47. The normalized spacial score (nSPS) is 34.4. The number of carboxylic acids is 1. The molecule has 0 aromatic heterocycles. The van der Waals surface area contributed by atoms with E-state index in [2.05, 4.69) is 6.92 Å².